The van der Waals surface area contributed by atoms with Crippen LogP contribution in [0.5, 0.6) is 0 Å². The van der Waals surface area contributed by atoms with Crippen LogP contribution < -0.4 is 10.2 Å². The van der Waals surface area contributed by atoms with E-state index in [9.17, 15) is 13.2 Å². The van der Waals surface area contributed by atoms with Crippen LogP contribution in [0.3, 0.4) is 0 Å². The van der Waals surface area contributed by atoms with Crippen LogP contribution in [0.25, 0.3) is 0 Å². The van der Waals surface area contributed by atoms with Crippen molar-refractivity contribution in [2.75, 3.05) is 30.4 Å². The van der Waals surface area contributed by atoms with Crippen molar-refractivity contribution in [3.8, 4) is 0 Å². The zero-order valence-corrected chi connectivity index (χ0v) is 11.4. The number of nitrogens with one attached hydrogen (secondary N) is 1. The second-order valence-corrected chi connectivity index (χ2v) is 4.20. The Labute approximate surface area is 111 Å². The number of aromatic nitrogens is 2. The SMILES string of the molecule is CCNc1ncnc(N(C)CCC(F)(F)F)c1CC. The Morgan fingerprint density at radius 3 is 2.47 bits per heavy atom. The maximum Gasteiger partial charge on any atom is 0.390 e. The number of hydrogen-bond acceptors (Lipinski definition) is 4. The van der Waals surface area contributed by atoms with Crippen molar-refractivity contribution in [3.63, 3.8) is 0 Å². The number of rotatable bonds is 6. The molecule has 0 fully saturated rings. The first-order valence-corrected chi connectivity index (χ1v) is 6.24. The van der Waals surface area contributed by atoms with E-state index in [1.165, 1.54) is 11.2 Å². The summed E-state index contributed by atoms with van der Waals surface area (Å²) in [6.07, 6.45) is -2.98. The summed E-state index contributed by atoms with van der Waals surface area (Å²) in [7, 11) is 1.61. The van der Waals surface area contributed by atoms with E-state index >= 15 is 0 Å². The molecule has 1 heterocycles. The fourth-order valence-electron chi connectivity index (χ4n) is 1.78. The maximum atomic E-state index is 12.2. The molecule has 1 aromatic rings. The summed E-state index contributed by atoms with van der Waals surface area (Å²) in [6.45, 7) is 4.46. The van der Waals surface area contributed by atoms with Gasteiger partial charge < -0.3 is 10.2 Å². The Kier molecular flexibility index (Phi) is 5.38. The van der Waals surface area contributed by atoms with Crippen molar-refractivity contribution in [2.24, 2.45) is 0 Å². The molecule has 0 spiro atoms. The summed E-state index contributed by atoms with van der Waals surface area (Å²) in [5.74, 6) is 1.24. The lowest BCUT2D eigenvalue weighted by Gasteiger charge is -2.22. The van der Waals surface area contributed by atoms with E-state index < -0.39 is 12.6 Å². The standard InChI is InChI=1S/C12H19F3N4/c1-4-9-10(16-5-2)17-8-18-11(9)19(3)7-6-12(13,14)15/h8H,4-7H2,1-3H3,(H,16,17,18). The van der Waals surface area contributed by atoms with Gasteiger partial charge in [-0.15, -0.1) is 0 Å². The molecule has 0 saturated heterocycles. The van der Waals surface area contributed by atoms with Crippen molar-refractivity contribution < 1.29 is 13.2 Å². The number of nitrogens with zero attached hydrogens (tertiary/aromatic N) is 3. The largest absolute Gasteiger partial charge is 0.390 e. The summed E-state index contributed by atoms with van der Waals surface area (Å²) >= 11 is 0. The van der Waals surface area contributed by atoms with Gasteiger partial charge in [0.05, 0.1) is 6.42 Å². The van der Waals surface area contributed by atoms with E-state index in [4.69, 9.17) is 0 Å². The molecule has 19 heavy (non-hydrogen) atoms. The van der Waals surface area contributed by atoms with Gasteiger partial charge in [0.1, 0.15) is 18.0 Å². The second-order valence-electron chi connectivity index (χ2n) is 4.20. The molecule has 0 amide bonds. The molecule has 0 bridgehead atoms. The second kappa shape index (κ2) is 6.58. The molecule has 0 aliphatic carbocycles. The summed E-state index contributed by atoms with van der Waals surface area (Å²) < 4.78 is 36.7. The van der Waals surface area contributed by atoms with Crippen LogP contribution in [0.4, 0.5) is 24.8 Å². The minimum atomic E-state index is -4.15. The molecule has 1 aromatic heterocycles. The first-order chi connectivity index (χ1) is 8.89. The van der Waals surface area contributed by atoms with Gasteiger partial charge in [0.15, 0.2) is 0 Å². The predicted octanol–water partition coefficient (Wildman–Crippen LogP) is 2.86. The van der Waals surface area contributed by atoms with Crippen LogP contribution >= 0.6 is 0 Å². The van der Waals surface area contributed by atoms with Crippen LogP contribution in [0.2, 0.25) is 0 Å². The van der Waals surface area contributed by atoms with Crippen LogP contribution in [-0.4, -0.2) is 36.3 Å². The molecule has 108 valence electrons. The van der Waals surface area contributed by atoms with Crippen molar-refractivity contribution in [3.05, 3.63) is 11.9 Å². The first-order valence-electron chi connectivity index (χ1n) is 6.24. The van der Waals surface area contributed by atoms with Gasteiger partial charge >= 0.3 is 6.18 Å². The Morgan fingerprint density at radius 2 is 1.95 bits per heavy atom. The summed E-state index contributed by atoms with van der Waals surface area (Å²) in [5.41, 5.74) is 0.842. The molecule has 1 rings (SSSR count). The molecule has 0 saturated carbocycles. The molecular weight excluding hydrogens is 257 g/mol. The van der Waals surface area contributed by atoms with Crippen molar-refractivity contribution >= 4 is 11.6 Å². The van der Waals surface area contributed by atoms with Crippen molar-refractivity contribution in [1.82, 2.24) is 9.97 Å². The monoisotopic (exact) mass is 276 g/mol. The zero-order chi connectivity index (χ0) is 14.5. The molecule has 0 aromatic carbocycles. The Balaban J connectivity index is 2.89. The predicted molar refractivity (Wildman–Crippen MR) is 69.5 cm³/mol. The van der Waals surface area contributed by atoms with E-state index in [2.05, 4.69) is 15.3 Å². The summed E-state index contributed by atoms with van der Waals surface area (Å²) in [4.78, 5) is 9.74. The molecule has 0 aliphatic heterocycles. The molecule has 0 atom stereocenters. The molecular formula is C12H19F3N4. The zero-order valence-electron chi connectivity index (χ0n) is 11.4. The average Bonchev–Trinajstić information content (AvgIpc) is 2.35. The minimum absolute atomic E-state index is 0.112. The van der Waals surface area contributed by atoms with E-state index in [1.54, 1.807) is 7.05 Å². The van der Waals surface area contributed by atoms with Gasteiger partial charge in [0, 0.05) is 25.7 Å². The fourth-order valence-corrected chi connectivity index (χ4v) is 1.78. The van der Waals surface area contributed by atoms with E-state index in [0.717, 1.165) is 5.56 Å². The molecule has 7 heteroatoms. The molecule has 0 radical (unpaired) electrons. The quantitative estimate of drug-likeness (QED) is 0.867. The highest BCUT2D eigenvalue weighted by Crippen LogP contribution is 2.25. The van der Waals surface area contributed by atoms with Crippen LogP contribution in [0.1, 0.15) is 25.8 Å². The van der Waals surface area contributed by atoms with E-state index in [1.807, 2.05) is 13.8 Å². The normalized spacial score (nSPS) is 11.5. The molecule has 0 aliphatic rings. The molecule has 4 nitrogen and oxygen atoms in total. The molecule has 0 unspecified atom stereocenters. The average molecular weight is 276 g/mol. The fraction of sp³-hybridized carbons (Fsp3) is 0.667. The first kappa shape index (κ1) is 15.5. The van der Waals surface area contributed by atoms with Crippen LogP contribution in [0.15, 0.2) is 6.33 Å². The molecule has 1 N–H and O–H groups in total. The van der Waals surface area contributed by atoms with Crippen molar-refractivity contribution in [1.29, 1.82) is 0 Å². The van der Waals surface area contributed by atoms with Gasteiger partial charge in [-0.25, -0.2) is 9.97 Å². The number of hydrogen-bond donors (Lipinski definition) is 1. The summed E-state index contributed by atoms with van der Waals surface area (Å²) in [5, 5.41) is 3.09. The van der Waals surface area contributed by atoms with Gasteiger partial charge in [0.25, 0.3) is 0 Å². The topological polar surface area (TPSA) is 41.1 Å². The van der Waals surface area contributed by atoms with Crippen molar-refractivity contribution in [2.45, 2.75) is 32.9 Å². The third-order valence-corrected chi connectivity index (χ3v) is 2.71. The lowest BCUT2D eigenvalue weighted by molar-refractivity contribution is -0.132. The van der Waals surface area contributed by atoms with E-state index in [-0.39, 0.29) is 6.54 Å². The Bertz CT molecular complexity index is 406. The number of alkyl halides is 3. The highest BCUT2D eigenvalue weighted by atomic mass is 19.4. The third-order valence-electron chi connectivity index (χ3n) is 2.71. The Hall–Kier alpha value is -1.53. The highest BCUT2D eigenvalue weighted by Gasteiger charge is 2.27. The van der Waals surface area contributed by atoms with Gasteiger partial charge in [-0.1, -0.05) is 6.92 Å². The number of anilines is 2. The van der Waals surface area contributed by atoms with Gasteiger partial charge in [0.2, 0.25) is 0 Å². The van der Waals surface area contributed by atoms with Crippen LogP contribution in [0, 0.1) is 0 Å². The maximum absolute atomic E-state index is 12.2. The highest BCUT2D eigenvalue weighted by molar-refractivity contribution is 5.58. The minimum Gasteiger partial charge on any atom is -0.370 e. The lowest BCUT2D eigenvalue weighted by atomic mass is 10.2. The van der Waals surface area contributed by atoms with Gasteiger partial charge in [-0.2, -0.15) is 13.2 Å². The smallest absolute Gasteiger partial charge is 0.370 e. The number of halogens is 3. The van der Waals surface area contributed by atoms with E-state index in [0.29, 0.717) is 24.6 Å². The third kappa shape index (κ3) is 4.57. The lowest BCUT2D eigenvalue weighted by Crippen LogP contribution is -2.26. The summed E-state index contributed by atoms with van der Waals surface area (Å²) in [6, 6.07) is 0. The van der Waals surface area contributed by atoms with Gasteiger partial charge in [-0.05, 0) is 13.3 Å². The Morgan fingerprint density at radius 1 is 1.26 bits per heavy atom. The van der Waals surface area contributed by atoms with Crippen LogP contribution in [-0.2, 0) is 6.42 Å². The van der Waals surface area contributed by atoms with Gasteiger partial charge in [-0.3, -0.25) is 0 Å².